The van der Waals surface area contributed by atoms with Crippen molar-refractivity contribution in [3.63, 3.8) is 0 Å². The molecule has 3 rings (SSSR count). The van der Waals surface area contributed by atoms with E-state index in [0.29, 0.717) is 22.0 Å². The van der Waals surface area contributed by atoms with Gasteiger partial charge in [-0.05, 0) is 43.3 Å². The second kappa shape index (κ2) is 7.95. The number of aryl methyl sites for hydroxylation is 1. The Hall–Kier alpha value is -2.98. The van der Waals surface area contributed by atoms with Gasteiger partial charge < -0.3 is 9.84 Å². The molecule has 0 fully saturated rings. The van der Waals surface area contributed by atoms with Crippen molar-refractivity contribution >= 4 is 50.8 Å². The summed E-state index contributed by atoms with van der Waals surface area (Å²) in [6, 6.07) is 8.56. The molecule has 1 amide bonds. The van der Waals surface area contributed by atoms with Gasteiger partial charge in [0.25, 0.3) is 10.0 Å². The molecule has 0 aliphatic carbocycles. The number of halogens is 1. The topological polar surface area (TPSA) is 101 Å². The lowest BCUT2D eigenvalue weighted by Gasteiger charge is -2.06. The Labute approximate surface area is 164 Å². The zero-order valence-electron chi connectivity index (χ0n) is 14.9. The monoisotopic (exact) mass is 421 g/mol. The Morgan fingerprint density at radius 2 is 1.96 bits per heavy atom. The number of thiophene rings is 1. The third-order valence-corrected chi connectivity index (χ3v) is 6.48. The van der Waals surface area contributed by atoms with Crippen molar-refractivity contribution in [1.82, 2.24) is 5.16 Å². The average Bonchev–Trinajstić information content (AvgIpc) is 3.23. The van der Waals surface area contributed by atoms with Crippen LogP contribution in [0.1, 0.15) is 23.3 Å². The first-order valence-electron chi connectivity index (χ1n) is 8.05. The molecule has 0 spiro atoms. The summed E-state index contributed by atoms with van der Waals surface area (Å²) in [6.07, 6.45) is 3.22. The highest BCUT2D eigenvalue weighted by atomic mass is 32.2. The largest absolute Gasteiger partial charge is 0.354 e. The number of hydrogen-bond donors (Lipinski definition) is 2. The van der Waals surface area contributed by atoms with Crippen molar-refractivity contribution < 1.29 is 22.1 Å². The number of para-hydroxylation sites is 1. The molecule has 0 aliphatic rings. The number of anilines is 2. The van der Waals surface area contributed by atoms with Crippen LogP contribution in [-0.2, 0) is 14.8 Å². The minimum Gasteiger partial charge on any atom is -0.354 e. The predicted octanol–water partition coefficient (Wildman–Crippen LogP) is 4.11. The Bertz CT molecular complexity index is 1150. The molecule has 28 heavy (non-hydrogen) atoms. The second-order valence-corrected chi connectivity index (χ2v) is 8.79. The molecule has 0 saturated heterocycles. The number of benzene rings is 1. The van der Waals surface area contributed by atoms with E-state index >= 15 is 0 Å². The first-order valence-corrected chi connectivity index (χ1v) is 10.4. The highest BCUT2D eigenvalue weighted by Crippen LogP contribution is 2.28. The molecule has 0 aliphatic heterocycles. The standard InChI is InChI=1S/C18H16FN3O4S2/c1-11-18(20-12(2)23)16(26-21-11)9-7-13-8-10-17(27-13)28(24,25)22-15-6-4-3-5-14(15)19/h3-10,22H,1-2H3,(H,20,23). The fraction of sp³-hybridized carbons (Fsp3) is 0.111. The molecule has 1 aromatic carbocycles. The van der Waals surface area contributed by atoms with E-state index in [1.807, 2.05) is 0 Å². The van der Waals surface area contributed by atoms with Gasteiger partial charge in [0, 0.05) is 11.8 Å². The Kier molecular flexibility index (Phi) is 5.61. The first kappa shape index (κ1) is 19.8. The van der Waals surface area contributed by atoms with Gasteiger partial charge in [-0.2, -0.15) is 0 Å². The number of amides is 1. The van der Waals surface area contributed by atoms with Crippen LogP contribution in [0.25, 0.3) is 12.2 Å². The number of nitrogens with zero attached hydrogens (tertiary/aromatic N) is 1. The van der Waals surface area contributed by atoms with Crippen molar-refractivity contribution in [3.8, 4) is 0 Å². The molecule has 7 nitrogen and oxygen atoms in total. The van der Waals surface area contributed by atoms with Gasteiger partial charge in [-0.25, -0.2) is 12.8 Å². The fourth-order valence-electron chi connectivity index (χ4n) is 2.29. The maximum absolute atomic E-state index is 13.7. The van der Waals surface area contributed by atoms with Gasteiger partial charge in [-0.3, -0.25) is 9.52 Å². The van der Waals surface area contributed by atoms with Crippen molar-refractivity contribution in [2.45, 2.75) is 18.1 Å². The van der Waals surface area contributed by atoms with Gasteiger partial charge in [-0.1, -0.05) is 17.3 Å². The smallest absolute Gasteiger partial charge is 0.271 e. The molecule has 0 bridgehead atoms. The molecule has 0 unspecified atom stereocenters. The maximum atomic E-state index is 13.7. The van der Waals surface area contributed by atoms with E-state index in [1.54, 1.807) is 25.1 Å². The lowest BCUT2D eigenvalue weighted by molar-refractivity contribution is -0.114. The van der Waals surface area contributed by atoms with Crippen LogP contribution in [-0.4, -0.2) is 19.5 Å². The van der Waals surface area contributed by atoms with Crippen LogP contribution in [0.15, 0.2) is 45.1 Å². The van der Waals surface area contributed by atoms with Crippen LogP contribution >= 0.6 is 11.3 Å². The summed E-state index contributed by atoms with van der Waals surface area (Å²) in [4.78, 5) is 11.9. The average molecular weight is 421 g/mol. The lowest BCUT2D eigenvalue weighted by atomic mass is 10.2. The quantitative estimate of drug-likeness (QED) is 0.624. The van der Waals surface area contributed by atoms with Crippen molar-refractivity contribution in [3.05, 3.63) is 58.5 Å². The minimum atomic E-state index is -3.92. The fourth-order valence-corrected chi connectivity index (χ4v) is 4.59. The lowest BCUT2D eigenvalue weighted by Crippen LogP contribution is -2.12. The molecule has 0 saturated carbocycles. The number of aromatic nitrogens is 1. The molecule has 3 aromatic rings. The summed E-state index contributed by atoms with van der Waals surface area (Å²) >= 11 is 1.00. The Morgan fingerprint density at radius 3 is 2.68 bits per heavy atom. The molecule has 2 aromatic heterocycles. The second-order valence-electron chi connectivity index (χ2n) is 5.76. The minimum absolute atomic E-state index is 0.0336. The Balaban J connectivity index is 1.80. The van der Waals surface area contributed by atoms with E-state index < -0.39 is 15.8 Å². The van der Waals surface area contributed by atoms with Gasteiger partial charge in [0.05, 0.1) is 5.69 Å². The summed E-state index contributed by atoms with van der Waals surface area (Å²) in [6.45, 7) is 3.06. The molecular weight excluding hydrogens is 405 g/mol. The van der Waals surface area contributed by atoms with Crippen LogP contribution in [0.5, 0.6) is 0 Å². The SMILES string of the molecule is CC(=O)Nc1c(C)noc1C=Cc1ccc(S(=O)(=O)Nc2ccccc2F)s1. The number of hydrogen-bond acceptors (Lipinski definition) is 6. The molecule has 10 heteroatoms. The molecule has 146 valence electrons. The summed E-state index contributed by atoms with van der Waals surface area (Å²) in [5, 5.41) is 6.44. The molecule has 0 atom stereocenters. The zero-order chi connectivity index (χ0) is 20.3. The van der Waals surface area contributed by atoms with Crippen molar-refractivity contribution in [1.29, 1.82) is 0 Å². The van der Waals surface area contributed by atoms with Gasteiger partial charge in [0.2, 0.25) is 5.91 Å². The van der Waals surface area contributed by atoms with Crippen LogP contribution in [0.2, 0.25) is 0 Å². The molecule has 0 radical (unpaired) electrons. The predicted molar refractivity (Wildman–Crippen MR) is 106 cm³/mol. The van der Waals surface area contributed by atoms with Crippen LogP contribution in [0.3, 0.4) is 0 Å². The van der Waals surface area contributed by atoms with Crippen LogP contribution in [0.4, 0.5) is 15.8 Å². The van der Waals surface area contributed by atoms with Gasteiger partial charge in [0.1, 0.15) is 21.4 Å². The van der Waals surface area contributed by atoms with Crippen LogP contribution in [0, 0.1) is 12.7 Å². The van der Waals surface area contributed by atoms with E-state index in [9.17, 15) is 17.6 Å². The highest BCUT2D eigenvalue weighted by molar-refractivity contribution is 7.94. The summed E-state index contributed by atoms with van der Waals surface area (Å²) in [7, 11) is -3.92. The van der Waals surface area contributed by atoms with Gasteiger partial charge in [-0.15, -0.1) is 11.3 Å². The van der Waals surface area contributed by atoms with Gasteiger partial charge in [0.15, 0.2) is 5.76 Å². The molecule has 2 N–H and O–H groups in total. The summed E-state index contributed by atoms with van der Waals surface area (Å²) < 4.78 is 46.0. The highest BCUT2D eigenvalue weighted by Gasteiger charge is 2.18. The number of nitrogens with one attached hydrogen (secondary N) is 2. The normalized spacial score (nSPS) is 11.7. The van der Waals surface area contributed by atoms with Crippen LogP contribution < -0.4 is 10.0 Å². The molecule has 2 heterocycles. The van der Waals surface area contributed by atoms with E-state index in [1.165, 1.54) is 37.3 Å². The molecular formula is C18H16FN3O4S2. The summed E-state index contributed by atoms with van der Waals surface area (Å²) in [5.41, 5.74) is 0.859. The van der Waals surface area contributed by atoms with Crippen molar-refractivity contribution in [2.75, 3.05) is 10.0 Å². The summed E-state index contributed by atoms with van der Waals surface area (Å²) in [5.74, 6) is -0.575. The zero-order valence-corrected chi connectivity index (χ0v) is 16.5. The number of sulfonamides is 1. The van der Waals surface area contributed by atoms with Gasteiger partial charge >= 0.3 is 0 Å². The Morgan fingerprint density at radius 1 is 1.21 bits per heavy atom. The first-order chi connectivity index (χ1) is 13.3. The number of rotatable bonds is 6. The van der Waals surface area contributed by atoms with E-state index in [2.05, 4.69) is 15.2 Å². The third kappa shape index (κ3) is 4.46. The number of carbonyl (C=O) groups excluding carboxylic acids is 1. The van der Waals surface area contributed by atoms with E-state index in [0.717, 1.165) is 11.3 Å². The van der Waals surface area contributed by atoms with E-state index in [4.69, 9.17) is 4.52 Å². The number of carbonyl (C=O) groups is 1. The van der Waals surface area contributed by atoms with E-state index in [-0.39, 0.29) is 15.8 Å². The van der Waals surface area contributed by atoms with Crippen molar-refractivity contribution in [2.24, 2.45) is 0 Å². The third-order valence-electron chi connectivity index (χ3n) is 3.57. The maximum Gasteiger partial charge on any atom is 0.271 e.